The van der Waals surface area contributed by atoms with Crippen LogP contribution >= 0.6 is 22.2 Å². The van der Waals surface area contributed by atoms with Crippen molar-refractivity contribution < 1.29 is 26.2 Å². The van der Waals surface area contributed by atoms with E-state index in [2.05, 4.69) is 65.8 Å². The van der Waals surface area contributed by atoms with Gasteiger partial charge in [-0.1, -0.05) is 67.2 Å². The minimum atomic E-state index is -1.71. The zero-order valence-electron chi connectivity index (χ0n) is 16.5. The molecule has 0 amide bonds. The molecule has 4 heteroatoms. The Bertz CT molecular complexity index is 458. The van der Waals surface area contributed by atoms with Crippen LogP contribution in [0.1, 0.15) is 55.4 Å². The maximum atomic E-state index is 5.81. The second kappa shape index (κ2) is 12.9. The summed E-state index contributed by atoms with van der Waals surface area (Å²) in [6, 6.07) is 1.93. The number of allylic oxidation sites excluding steroid dienone is 8. The molecule has 0 heterocycles. The maximum absolute atomic E-state index is 5.81. The van der Waals surface area contributed by atoms with Crippen molar-refractivity contribution in [3.63, 3.8) is 0 Å². The molecule has 0 spiro atoms. The van der Waals surface area contributed by atoms with E-state index in [1.165, 1.54) is 22.3 Å². The minimum absolute atomic E-state index is 0. The zero-order valence-corrected chi connectivity index (χ0v) is 21.4. The van der Waals surface area contributed by atoms with Gasteiger partial charge in [-0.25, -0.2) is 23.3 Å². The van der Waals surface area contributed by atoms with Gasteiger partial charge in [0.05, 0.1) is 0 Å². The first-order valence-electron chi connectivity index (χ1n) is 8.46. The fourth-order valence-electron chi connectivity index (χ4n) is 2.18. The Morgan fingerprint density at radius 1 is 0.833 bits per heavy atom. The third-order valence-corrected chi connectivity index (χ3v) is 9.45. The van der Waals surface area contributed by atoms with E-state index in [9.17, 15) is 0 Å². The Morgan fingerprint density at radius 3 is 1.17 bits per heavy atom. The summed E-state index contributed by atoms with van der Waals surface area (Å²) >= 11 is 11.6. The second-order valence-electron chi connectivity index (χ2n) is 6.44. The first-order chi connectivity index (χ1) is 10.5. The molecule has 0 N–H and O–H groups in total. The first-order valence-corrected chi connectivity index (χ1v) is 12.9. The molecule has 0 bridgehead atoms. The Labute approximate surface area is 180 Å². The van der Waals surface area contributed by atoms with E-state index in [-0.39, 0.29) is 26.2 Å². The van der Waals surface area contributed by atoms with Crippen LogP contribution in [0.2, 0.25) is 12.1 Å². The standard InChI is InChI=1S/2C8H11.C4H10Cl2Si.Zr/c2*1-6-4-7(2)8(3)5-6;1-3-7(5,6)4-2;/h2*4,8H,1-3H3;3-4H2,1-2H3;/q2*-1;;+2. The summed E-state index contributed by atoms with van der Waals surface area (Å²) in [7, 11) is 0. The van der Waals surface area contributed by atoms with Crippen LogP contribution in [-0.2, 0) is 26.2 Å². The van der Waals surface area contributed by atoms with Gasteiger partial charge in [0.15, 0.2) is 0 Å². The van der Waals surface area contributed by atoms with Gasteiger partial charge in [0.2, 0.25) is 0 Å². The van der Waals surface area contributed by atoms with Gasteiger partial charge < -0.3 is 0 Å². The maximum Gasteiger partial charge on any atom is 2.00 e. The van der Waals surface area contributed by atoms with Gasteiger partial charge in [0, 0.05) is 0 Å². The van der Waals surface area contributed by atoms with Crippen molar-refractivity contribution in [3.05, 3.63) is 46.6 Å². The van der Waals surface area contributed by atoms with E-state index in [0.717, 1.165) is 12.1 Å². The Morgan fingerprint density at radius 2 is 1.12 bits per heavy atom. The van der Waals surface area contributed by atoms with Crippen molar-refractivity contribution in [3.8, 4) is 0 Å². The molecule has 0 nitrogen and oxygen atoms in total. The van der Waals surface area contributed by atoms with Crippen LogP contribution in [0.15, 0.2) is 34.4 Å². The molecular formula is C20H32Cl2SiZr. The Balaban J connectivity index is 0. The molecule has 2 aliphatic rings. The first kappa shape index (κ1) is 26.9. The summed E-state index contributed by atoms with van der Waals surface area (Å²) in [5.41, 5.74) is 5.44. The summed E-state index contributed by atoms with van der Waals surface area (Å²) in [4.78, 5) is 0. The number of rotatable bonds is 2. The van der Waals surface area contributed by atoms with Gasteiger partial charge >= 0.3 is 26.2 Å². The molecule has 0 radical (unpaired) electrons. The van der Waals surface area contributed by atoms with E-state index in [1.54, 1.807) is 0 Å². The molecule has 2 aliphatic carbocycles. The number of halogens is 2. The predicted molar refractivity (Wildman–Crippen MR) is 109 cm³/mol. The van der Waals surface area contributed by atoms with E-state index in [0.29, 0.717) is 11.8 Å². The third-order valence-electron chi connectivity index (χ3n) is 4.18. The van der Waals surface area contributed by atoms with Gasteiger partial charge in [-0.3, -0.25) is 12.2 Å². The molecule has 0 aromatic heterocycles. The largest absolute Gasteiger partial charge is 2.00 e. The quantitative estimate of drug-likeness (QED) is 0.225. The fraction of sp³-hybridized carbons (Fsp3) is 0.600. The van der Waals surface area contributed by atoms with Gasteiger partial charge in [-0.2, -0.15) is 11.1 Å². The van der Waals surface area contributed by atoms with Crippen LogP contribution < -0.4 is 0 Å². The predicted octanol–water partition coefficient (Wildman–Crippen LogP) is 7.61. The van der Waals surface area contributed by atoms with E-state index in [4.69, 9.17) is 22.2 Å². The summed E-state index contributed by atoms with van der Waals surface area (Å²) in [5.74, 6) is 1.13. The van der Waals surface area contributed by atoms with Crippen molar-refractivity contribution in [2.24, 2.45) is 11.8 Å². The molecule has 24 heavy (non-hydrogen) atoms. The van der Waals surface area contributed by atoms with Crippen LogP contribution in [0, 0.1) is 24.0 Å². The van der Waals surface area contributed by atoms with Crippen LogP contribution in [-0.4, -0.2) is 6.69 Å². The summed E-state index contributed by atoms with van der Waals surface area (Å²) in [6.07, 6.45) is 11.0. The van der Waals surface area contributed by atoms with Crippen molar-refractivity contribution in [1.82, 2.24) is 0 Å². The van der Waals surface area contributed by atoms with E-state index in [1.807, 2.05) is 13.8 Å². The molecule has 134 valence electrons. The fourth-order valence-corrected chi connectivity index (χ4v) is 2.68. The minimum Gasteiger partial charge on any atom is -0.266 e. The molecular weight excluding hydrogens is 430 g/mol. The molecule has 0 saturated carbocycles. The summed E-state index contributed by atoms with van der Waals surface area (Å²) in [6.45, 7) is 15.2. The van der Waals surface area contributed by atoms with Crippen LogP contribution in [0.25, 0.3) is 0 Å². The smallest absolute Gasteiger partial charge is 0.266 e. The average molecular weight is 463 g/mol. The van der Waals surface area contributed by atoms with E-state index >= 15 is 0 Å². The summed E-state index contributed by atoms with van der Waals surface area (Å²) < 4.78 is 0. The molecule has 0 saturated heterocycles. The van der Waals surface area contributed by atoms with Gasteiger partial charge in [0.25, 0.3) is 6.69 Å². The molecule has 2 rings (SSSR count). The molecule has 2 atom stereocenters. The average Bonchev–Trinajstić information content (AvgIpc) is 2.92. The monoisotopic (exact) mass is 460 g/mol. The zero-order chi connectivity index (χ0) is 18.2. The van der Waals surface area contributed by atoms with Gasteiger partial charge in [-0.15, -0.1) is 22.2 Å². The number of hydrogen-bond acceptors (Lipinski definition) is 0. The Hall–Kier alpha value is 0.640. The number of hydrogen-bond donors (Lipinski definition) is 0. The van der Waals surface area contributed by atoms with E-state index < -0.39 is 6.69 Å². The molecule has 0 aliphatic heterocycles. The van der Waals surface area contributed by atoms with Crippen LogP contribution in [0.5, 0.6) is 0 Å². The molecule has 0 fully saturated rings. The second-order valence-corrected chi connectivity index (χ2v) is 14.5. The van der Waals surface area contributed by atoms with Crippen molar-refractivity contribution >= 4 is 28.9 Å². The molecule has 2 unspecified atom stereocenters. The van der Waals surface area contributed by atoms with Crippen molar-refractivity contribution in [2.75, 3.05) is 0 Å². The SMILES string of the molecule is CC1=[C-]C(C)C(C)=C1.CC1=[C-]C(C)C(C)=C1.CC[Si](Cl)(Cl)CC.[Zr+2]. The molecule has 0 aromatic rings. The normalized spacial score (nSPS) is 21.9. The summed E-state index contributed by atoms with van der Waals surface area (Å²) in [5, 5.41) is 0. The van der Waals surface area contributed by atoms with Crippen LogP contribution in [0.4, 0.5) is 0 Å². The Kier molecular flexibility index (Phi) is 14.4. The van der Waals surface area contributed by atoms with Gasteiger partial charge in [0.1, 0.15) is 0 Å². The van der Waals surface area contributed by atoms with Crippen molar-refractivity contribution in [2.45, 2.75) is 67.5 Å². The van der Waals surface area contributed by atoms with Crippen molar-refractivity contribution in [1.29, 1.82) is 0 Å². The molecule has 0 aromatic carbocycles. The topological polar surface area (TPSA) is 0 Å². The van der Waals surface area contributed by atoms with Crippen LogP contribution in [0.3, 0.4) is 0 Å². The van der Waals surface area contributed by atoms with Gasteiger partial charge in [-0.05, 0) is 12.1 Å². The third kappa shape index (κ3) is 11.3.